The van der Waals surface area contributed by atoms with Crippen LogP contribution in [-0.2, 0) is 22.0 Å². The van der Waals surface area contributed by atoms with Crippen molar-refractivity contribution in [2.75, 3.05) is 4.72 Å². The zero-order valence-corrected chi connectivity index (χ0v) is 23.2. The van der Waals surface area contributed by atoms with Crippen molar-refractivity contribution in [1.29, 1.82) is 0 Å². The third-order valence-corrected chi connectivity index (χ3v) is 9.08. The summed E-state index contributed by atoms with van der Waals surface area (Å²) >= 11 is 7.69. The number of alkyl halides is 3. The first kappa shape index (κ1) is 27.9. The Balaban J connectivity index is 1.43. The van der Waals surface area contributed by atoms with Gasteiger partial charge >= 0.3 is 6.18 Å². The van der Waals surface area contributed by atoms with Crippen molar-refractivity contribution >= 4 is 50.1 Å². The van der Waals surface area contributed by atoms with E-state index in [0.717, 1.165) is 28.5 Å². The highest BCUT2D eigenvalue weighted by atomic mass is 35.5. The number of thioether (sulfide) groups is 1. The fourth-order valence-electron chi connectivity index (χ4n) is 4.02. The van der Waals surface area contributed by atoms with Crippen LogP contribution >= 0.6 is 23.4 Å². The van der Waals surface area contributed by atoms with E-state index < -0.39 is 21.8 Å². The predicted octanol–water partition coefficient (Wildman–Crippen LogP) is 7.77. The summed E-state index contributed by atoms with van der Waals surface area (Å²) in [6.07, 6.45) is -3.25. The Labute approximate surface area is 237 Å². The first-order chi connectivity index (χ1) is 19.0. The van der Waals surface area contributed by atoms with Crippen LogP contribution in [0.4, 0.5) is 19.1 Å². The van der Waals surface area contributed by atoms with Gasteiger partial charge in [-0.05, 0) is 53.1 Å². The molecule has 0 saturated heterocycles. The zero-order chi connectivity index (χ0) is 28.5. The second kappa shape index (κ2) is 11.1. The number of rotatable bonds is 7. The Morgan fingerprint density at radius 3 is 2.45 bits per heavy atom. The van der Waals surface area contributed by atoms with E-state index in [2.05, 4.69) is 19.9 Å². The number of nitrogens with zero attached hydrogens (tertiary/aromatic N) is 3. The van der Waals surface area contributed by atoms with Gasteiger partial charge in [-0.2, -0.15) is 18.3 Å². The SMILES string of the molecule is Cc1cc(S(=O)(=O)Nc2nncc(-c3ccc(C(F)(F)F)cc3)n2)c(SCc2cccc3ccccc23)cc1Cl. The number of nitrogens with one attached hydrogen (secondary N) is 1. The second-order valence-electron chi connectivity index (χ2n) is 8.82. The molecule has 0 aliphatic rings. The minimum Gasteiger partial charge on any atom is -0.246 e. The molecule has 0 aliphatic heterocycles. The van der Waals surface area contributed by atoms with Crippen LogP contribution in [-0.4, -0.2) is 23.6 Å². The number of anilines is 1. The van der Waals surface area contributed by atoms with Crippen molar-refractivity contribution in [3.05, 3.63) is 107 Å². The van der Waals surface area contributed by atoms with Crippen LogP contribution in [0.3, 0.4) is 0 Å². The molecule has 0 spiro atoms. The van der Waals surface area contributed by atoms with Crippen LogP contribution in [0.15, 0.2) is 94.9 Å². The van der Waals surface area contributed by atoms with E-state index in [1.165, 1.54) is 36.2 Å². The van der Waals surface area contributed by atoms with E-state index in [-0.39, 0.29) is 16.5 Å². The highest BCUT2D eigenvalue weighted by molar-refractivity contribution is 7.99. The number of fused-ring (bicyclic) bond motifs is 1. The summed E-state index contributed by atoms with van der Waals surface area (Å²) < 4.78 is 68.1. The fourth-order valence-corrected chi connectivity index (χ4v) is 6.82. The summed E-state index contributed by atoms with van der Waals surface area (Å²) in [4.78, 5) is 4.59. The highest BCUT2D eigenvalue weighted by Crippen LogP contribution is 2.36. The molecular formula is C28H20ClF3N4O2S2. The van der Waals surface area contributed by atoms with Gasteiger partial charge in [0.2, 0.25) is 0 Å². The summed E-state index contributed by atoms with van der Waals surface area (Å²) in [6.45, 7) is 1.70. The molecule has 4 aromatic carbocycles. The Kier molecular flexibility index (Phi) is 7.72. The number of hydrogen-bond acceptors (Lipinski definition) is 6. The van der Waals surface area contributed by atoms with Crippen LogP contribution in [0.2, 0.25) is 5.02 Å². The summed E-state index contributed by atoms with van der Waals surface area (Å²) in [5.41, 5.74) is 1.25. The van der Waals surface area contributed by atoms with E-state index in [9.17, 15) is 21.6 Å². The Bertz CT molecular complexity index is 1810. The van der Waals surface area contributed by atoms with E-state index >= 15 is 0 Å². The minimum absolute atomic E-state index is 0.0110. The van der Waals surface area contributed by atoms with Crippen molar-refractivity contribution in [1.82, 2.24) is 15.2 Å². The lowest BCUT2D eigenvalue weighted by molar-refractivity contribution is -0.137. The van der Waals surface area contributed by atoms with Crippen LogP contribution in [0, 0.1) is 6.92 Å². The third-order valence-electron chi connectivity index (χ3n) is 6.07. The number of halogens is 4. The molecule has 1 aromatic heterocycles. The predicted molar refractivity (Wildman–Crippen MR) is 151 cm³/mol. The number of aromatic nitrogens is 3. The van der Waals surface area contributed by atoms with E-state index in [4.69, 9.17) is 11.6 Å². The summed E-state index contributed by atoms with van der Waals surface area (Å²) in [5, 5.41) is 10.1. The molecule has 0 unspecified atom stereocenters. The van der Waals surface area contributed by atoms with E-state index in [0.29, 0.717) is 26.8 Å². The van der Waals surface area contributed by atoms with Gasteiger partial charge in [0.25, 0.3) is 16.0 Å². The average Bonchev–Trinajstić information content (AvgIpc) is 2.93. The normalized spacial score (nSPS) is 12.0. The topological polar surface area (TPSA) is 84.8 Å². The van der Waals surface area contributed by atoms with Gasteiger partial charge in [-0.25, -0.2) is 18.1 Å². The molecule has 0 aliphatic carbocycles. The van der Waals surface area contributed by atoms with Crippen LogP contribution < -0.4 is 4.72 Å². The molecule has 0 amide bonds. The molecule has 0 atom stereocenters. The lowest BCUT2D eigenvalue weighted by Gasteiger charge is -2.14. The maximum absolute atomic E-state index is 13.5. The van der Waals surface area contributed by atoms with Gasteiger partial charge in [0.1, 0.15) is 4.90 Å². The summed E-state index contributed by atoms with van der Waals surface area (Å²) in [7, 11) is -4.20. The maximum Gasteiger partial charge on any atom is 0.416 e. The first-order valence-corrected chi connectivity index (χ1v) is 14.7. The lowest BCUT2D eigenvalue weighted by Crippen LogP contribution is -2.17. The maximum atomic E-state index is 13.5. The smallest absolute Gasteiger partial charge is 0.246 e. The molecule has 12 heteroatoms. The number of hydrogen-bond donors (Lipinski definition) is 1. The minimum atomic E-state index is -4.48. The van der Waals surface area contributed by atoms with Crippen LogP contribution in [0.25, 0.3) is 22.0 Å². The zero-order valence-electron chi connectivity index (χ0n) is 20.8. The van der Waals surface area contributed by atoms with Gasteiger partial charge < -0.3 is 0 Å². The molecule has 5 aromatic rings. The standard InChI is InChI=1S/C28H20ClF3N4O2S2/c1-17-13-26(25(14-23(17)29)39-16-20-7-4-6-18-5-2-3-8-22(18)20)40(37,38)36-27-34-24(15-33-35-27)19-9-11-21(12-10-19)28(30,31)32/h2-15H,16H2,1H3,(H,34,35,36). The van der Waals surface area contributed by atoms with Crippen molar-refractivity contribution in [3.8, 4) is 11.3 Å². The molecule has 6 nitrogen and oxygen atoms in total. The summed E-state index contributed by atoms with van der Waals surface area (Å²) in [6, 6.07) is 21.3. The van der Waals surface area contributed by atoms with Gasteiger partial charge in [-0.15, -0.1) is 16.9 Å². The lowest BCUT2D eigenvalue weighted by atomic mass is 10.1. The largest absolute Gasteiger partial charge is 0.416 e. The summed E-state index contributed by atoms with van der Waals surface area (Å²) in [5.74, 6) is 0.167. The molecule has 1 heterocycles. The first-order valence-electron chi connectivity index (χ1n) is 11.8. The van der Waals surface area contributed by atoms with E-state index in [1.807, 2.05) is 42.5 Å². The molecule has 0 fully saturated rings. The Morgan fingerprint density at radius 1 is 0.975 bits per heavy atom. The number of sulfonamides is 1. The Hall–Kier alpha value is -3.67. The quantitative estimate of drug-likeness (QED) is 0.192. The van der Waals surface area contributed by atoms with Crippen molar-refractivity contribution in [2.24, 2.45) is 0 Å². The second-order valence-corrected chi connectivity index (χ2v) is 11.9. The molecule has 204 valence electrons. The van der Waals surface area contributed by atoms with Crippen LogP contribution in [0.5, 0.6) is 0 Å². The van der Waals surface area contributed by atoms with Gasteiger partial charge in [-0.3, -0.25) is 0 Å². The molecule has 5 rings (SSSR count). The molecule has 0 radical (unpaired) electrons. The third kappa shape index (κ3) is 6.06. The monoisotopic (exact) mass is 600 g/mol. The molecule has 1 N–H and O–H groups in total. The number of benzene rings is 4. The fraction of sp³-hybridized carbons (Fsp3) is 0.107. The van der Waals surface area contributed by atoms with Gasteiger partial charge in [0.15, 0.2) is 0 Å². The molecule has 0 saturated carbocycles. The average molecular weight is 601 g/mol. The molecule has 0 bridgehead atoms. The van der Waals surface area contributed by atoms with Gasteiger partial charge in [-0.1, -0.05) is 66.2 Å². The number of aryl methyl sites for hydroxylation is 1. The van der Waals surface area contributed by atoms with Crippen molar-refractivity contribution in [2.45, 2.75) is 28.6 Å². The molecular weight excluding hydrogens is 581 g/mol. The van der Waals surface area contributed by atoms with Crippen molar-refractivity contribution in [3.63, 3.8) is 0 Å². The van der Waals surface area contributed by atoms with Crippen LogP contribution in [0.1, 0.15) is 16.7 Å². The Morgan fingerprint density at radius 2 is 1.70 bits per heavy atom. The van der Waals surface area contributed by atoms with Crippen molar-refractivity contribution < 1.29 is 21.6 Å². The van der Waals surface area contributed by atoms with Gasteiger partial charge in [0.05, 0.1) is 17.5 Å². The van der Waals surface area contributed by atoms with Gasteiger partial charge in [0, 0.05) is 21.2 Å². The highest BCUT2D eigenvalue weighted by Gasteiger charge is 2.30. The molecule has 40 heavy (non-hydrogen) atoms. The van der Waals surface area contributed by atoms with E-state index in [1.54, 1.807) is 13.0 Å².